The van der Waals surface area contributed by atoms with Crippen LogP contribution >= 0.6 is 11.6 Å². The lowest BCUT2D eigenvalue weighted by molar-refractivity contribution is -0.268. The molecule has 0 spiro atoms. The molecule has 0 fully saturated rings. The van der Waals surface area contributed by atoms with E-state index >= 15 is 0 Å². The summed E-state index contributed by atoms with van der Waals surface area (Å²) in [6, 6.07) is 3.76. The van der Waals surface area contributed by atoms with E-state index in [2.05, 4.69) is 5.18 Å². The molecule has 0 aliphatic carbocycles. The van der Waals surface area contributed by atoms with Crippen LogP contribution < -0.4 is 5.11 Å². The highest BCUT2D eigenvalue weighted by molar-refractivity contribution is 6.32. The smallest absolute Gasteiger partial charge is 0.109 e. The molecule has 0 saturated carbocycles. The average Bonchev–Trinajstić information content (AvgIpc) is 1.95. The molecule has 10 heavy (non-hydrogen) atoms. The molecule has 4 heteroatoms. The molecule has 0 bridgehead atoms. The standard InChI is InChI=1S/C6H4ClNO2/c7-5-3-4(8-10)1-2-6(5)9/h1-3,9H/p-1. The number of halogens is 1. The molecule has 52 valence electrons. The molecule has 0 aromatic heterocycles. The SMILES string of the molecule is O=Nc1ccc([O-])c(Cl)c1. The van der Waals surface area contributed by atoms with E-state index in [1.54, 1.807) is 0 Å². The predicted octanol–water partition coefficient (Wildman–Crippen LogP) is 1.81. The van der Waals surface area contributed by atoms with Crippen LogP contribution in [-0.2, 0) is 0 Å². The Kier molecular flexibility index (Phi) is 1.87. The first kappa shape index (κ1) is 7.02. The van der Waals surface area contributed by atoms with Crippen LogP contribution in [-0.4, -0.2) is 0 Å². The molecule has 0 aliphatic heterocycles. The first-order chi connectivity index (χ1) is 4.74. The van der Waals surface area contributed by atoms with Crippen molar-refractivity contribution in [1.82, 2.24) is 0 Å². The highest BCUT2D eigenvalue weighted by Gasteiger charge is 1.92. The van der Waals surface area contributed by atoms with Crippen LogP contribution in [0.25, 0.3) is 0 Å². The van der Waals surface area contributed by atoms with Crippen molar-refractivity contribution in [2.75, 3.05) is 0 Å². The van der Waals surface area contributed by atoms with Gasteiger partial charge in [0.05, 0.1) is 0 Å². The number of hydrogen-bond acceptors (Lipinski definition) is 3. The normalized spacial score (nSPS) is 9.30. The Hall–Kier alpha value is -1.09. The molecular weight excluding hydrogens is 154 g/mol. The van der Waals surface area contributed by atoms with Crippen molar-refractivity contribution in [3.63, 3.8) is 0 Å². The minimum absolute atomic E-state index is 0.0251. The summed E-state index contributed by atoms with van der Waals surface area (Å²) in [5.74, 6) is -0.297. The lowest BCUT2D eigenvalue weighted by atomic mass is 10.3. The minimum atomic E-state index is -0.297. The van der Waals surface area contributed by atoms with Gasteiger partial charge in [0.2, 0.25) is 0 Å². The Morgan fingerprint density at radius 1 is 1.50 bits per heavy atom. The first-order valence-electron chi connectivity index (χ1n) is 2.54. The monoisotopic (exact) mass is 156 g/mol. The van der Waals surface area contributed by atoms with Gasteiger partial charge >= 0.3 is 0 Å². The van der Waals surface area contributed by atoms with E-state index in [4.69, 9.17) is 11.6 Å². The molecule has 1 aromatic rings. The summed E-state index contributed by atoms with van der Waals surface area (Å²) >= 11 is 5.38. The Balaban J connectivity index is 3.16. The van der Waals surface area contributed by atoms with Crippen LogP contribution in [0.2, 0.25) is 5.02 Å². The van der Waals surface area contributed by atoms with Crippen LogP contribution in [0.5, 0.6) is 5.75 Å². The molecule has 3 nitrogen and oxygen atoms in total. The van der Waals surface area contributed by atoms with Gasteiger partial charge in [0.15, 0.2) is 0 Å². The fourth-order valence-electron chi connectivity index (χ4n) is 0.547. The number of nitroso groups, excluding NO2 is 1. The number of benzene rings is 1. The summed E-state index contributed by atoms with van der Waals surface area (Å²) in [6.07, 6.45) is 0. The van der Waals surface area contributed by atoms with Crippen LogP contribution in [0.1, 0.15) is 0 Å². The average molecular weight is 157 g/mol. The lowest BCUT2D eigenvalue weighted by Crippen LogP contribution is -1.88. The molecule has 0 amide bonds. The van der Waals surface area contributed by atoms with Crippen molar-refractivity contribution in [3.8, 4) is 5.75 Å². The van der Waals surface area contributed by atoms with Gasteiger partial charge in [-0.3, -0.25) is 0 Å². The van der Waals surface area contributed by atoms with Crippen molar-refractivity contribution in [2.45, 2.75) is 0 Å². The third-order valence-corrected chi connectivity index (χ3v) is 1.32. The van der Waals surface area contributed by atoms with Gasteiger partial charge in [-0.15, -0.1) is 4.91 Å². The van der Waals surface area contributed by atoms with Gasteiger partial charge in [-0.2, -0.15) is 0 Å². The van der Waals surface area contributed by atoms with Crippen LogP contribution in [0.15, 0.2) is 23.4 Å². The molecule has 0 atom stereocenters. The third kappa shape index (κ3) is 1.25. The Bertz CT molecular complexity index is 262. The van der Waals surface area contributed by atoms with Gasteiger partial charge in [-0.1, -0.05) is 23.4 Å². The zero-order valence-electron chi connectivity index (χ0n) is 4.87. The van der Waals surface area contributed by atoms with Crippen molar-refractivity contribution in [2.24, 2.45) is 5.18 Å². The van der Waals surface area contributed by atoms with E-state index in [0.29, 0.717) is 0 Å². The van der Waals surface area contributed by atoms with E-state index in [-0.39, 0.29) is 16.5 Å². The number of nitrogens with zero attached hydrogens (tertiary/aromatic N) is 1. The number of rotatable bonds is 1. The Morgan fingerprint density at radius 2 is 2.20 bits per heavy atom. The topological polar surface area (TPSA) is 52.5 Å². The van der Waals surface area contributed by atoms with E-state index in [1.165, 1.54) is 18.2 Å². The molecule has 0 saturated heterocycles. The van der Waals surface area contributed by atoms with Crippen molar-refractivity contribution in [1.29, 1.82) is 0 Å². The molecule has 0 aliphatic rings. The quantitative estimate of drug-likeness (QED) is 0.583. The van der Waals surface area contributed by atoms with Gasteiger partial charge in [0, 0.05) is 5.02 Å². The van der Waals surface area contributed by atoms with Crippen LogP contribution in [0.4, 0.5) is 5.69 Å². The first-order valence-corrected chi connectivity index (χ1v) is 2.92. The van der Waals surface area contributed by atoms with E-state index < -0.39 is 0 Å². The minimum Gasteiger partial charge on any atom is -0.871 e. The summed E-state index contributed by atoms with van der Waals surface area (Å²) in [5, 5.41) is 13.2. The maximum absolute atomic E-state index is 10.6. The summed E-state index contributed by atoms with van der Waals surface area (Å²) < 4.78 is 0. The molecule has 1 aromatic carbocycles. The molecular formula is C6H3ClNO2-. The molecule has 0 radical (unpaired) electrons. The zero-order chi connectivity index (χ0) is 7.56. The summed E-state index contributed by atoms with van der Waals surface area (Å²) in [6.45, 7) is 0. The summed E-state index contributed by atoms with van der Waals surface area (Å²) in [5.41, 5.74) is 0.171. The van der Waals surface area contributed by atoms with Crippen molar-refractivity contribution < 1.29 is 5.11 Å². The zero-order valence-corrected chi connectivity index (χ0v) is 5.63. The Labute approximate surface area is 62.2 Å². The molecule has 1 rings (SSSR count). The van der Waals surface area contributed by atoms with E-state index in [0.717, 1.165) is 0 Å². The lowest BCUT2D eigenvalue weighted by Gasteiger charge is -2.05. The second-order valence-electron chi connectivity index (χ2n) is 1.71. The fourth-order valence-corrected chi connectivity index (χ4v) is 0.721. The van der Waals surface area contributed by atoms with Gasteiger partial charge < -0.3 is 5.11 Å². The van der Waals surface area contributed by atoms with Gasteiger partial charge in [0.25, 0.3) is 0 Å². The van der Waals surface area contributed by atoms with E-state index in [1.807, 2.05) is 0 Å². The maximum Gasteiger partial charge on any atom is 0.109 e. The Morgan fingerprint density at radius 3 is 2.70 bits per heavy atom. The fraction of sp³-hybridized carbons (Fsp3) is 0. The second kappa shape index (κ2) is 2.66. The largest absolute Gasteiger partial charge is 0.871 e. The van der Waals surface area contributed by atoms with Crippen molar-refractivity contribution >= 4 is 17.3 Å². The van der Waals surface area contributed by atoms with Gasteiger partial charge in [0.1, 0.15) is 5.69 Å². The van der Waals surface area contributed by atoms with Gasteiger partial charge in [-0.05, 0) is 17.3 Å². The van der Waals surface area contributed by atoms with Crippen LogP contribution in [0, 0.1) is 4.91 Å². The highest BCUT2D eigenvalue weighted by Crippen LogP contribution is 2.24. The third-order valence-electron chi connectivity index (χ3n) is 1.02. The maximum atomic E-state index is 10.6. The van der Waals surface area contributed by atoms with E-state index in [9.17, 15) is 10.0 Å². The van der Waals surface area contributed by atoms with Crippen LogP contribution in [0.3, 0.4) is 0 Å². The second-order valence-corrected chi connectivity index (χ2v) is 2.11. The molecule has 0 heterocycles. The molecule has 0 unspecified atom stereocenters. The summed E-state index contributed by atoms with van der Waals surface area (Å²) in [4.78, 5) is 9.86. The van der Waals surface area contributed by atoms with Crippen molar-refractivity contribution in [3.05, 3.63) is 28.1 Å². The number of hydrogen-bond donors (Lipinski definition) is 0. The predicted molar refractivity (Wildman–Crippen MR) is 36.4 cm³/mol. The molecule has 0 N–H and O–H groups in total. The summed E-state index contributed by atoms with van der Waals surface area (Å²) in [7, 11) is 0. The van der Waals surface area contributed by atoms with Gasteiger partial charge in [-0.25, -0.2) is 0 Å². The highest BCUT2D eigenvalue weighted by atomic mass is 35.5.